The van der Waals surface area contributed by atoms with Crippen LogP contribution in [-0.4, -0.2) is 30.6 Å². The van der Waals surface area contributed by atoms with E-state index in [-0.39, 0.29) is 17.3 Å². The van der Waals surface area contributed by atoms with Crippen molar-refractivity contribution in [2.45, 2.75) is 26.9 Å². The Morgan fingerprint density at radius 3 is 2.59 bits per heavy atom. The molecule has 0 saturated heterocycles. The fourth-order valence-electron chi connectivity index (χ4n) is 1.62. The molecule has 0 saturated carbocycles. The van der Waals surface area contributed by atoms with Crippen molar-refractivity contribution < 1.29 is 19.1 Å². The number of allylic oxidation sites excluding steroid dienone is 2. The van der Waals surface area contributed by atoms with E-state index in [0.29, 0.717) is 18.5 Å². The number of aldehydes is 1. The number of ether oxygens (including phenoxy) is 1. The third-order valence-corrected chi connectivity index (χ3v) is 2.52. The van der Waals surface area contributed by atoms with E-state index in [4.69, 9.17) is 4.74 Å². The van der Waals surface area contributed by atoms with E-state index < -0.39 is 11.9 Å². The summed E-state index contributed by atoms with van der Waals surface area (Å²) >= 11 is 0. The number of carbonyl (C=O) groups excluding carboxylic acids is 3. The molecule has 0 heterocycles. The van der Waals surface area contributed by atoms with Crippen LogP contribution in [0.1, 0.15) is 20.8 Å². The van der Waals surface area contributed by atoms with Crippen LogP contribution in [0.2, 0.25) is 0 Å². The molecule has 1 rings (SSSR count). The molecule has 92 valence electrons. The van der Waals surface area contributed by atoms with Crippen molar-refractivity contribution >= 4 is 17.9 Å². The van der Waals surface area contributed by atoms with Crippen LogP contribution in [-0.2, 0) is 19.1 Å². The highest BCUT2D eigenvalue weighted by Gasteiger charge is 2.33. The summed E-state index contributed by atoms with van der Waals surface area (Å²) in [4.78, 5) is 34.4. The van der Waals surface area contributed by atoms with Gasteiger partial charge in [0.15, 0.2) is 17.9 Å². The van der Waals surface area contributed by atoms with Crippen LogP contribution in [0.5, 0.6) is 0 Å². The van der Waals surface area contributed by atoms with Crippen LogP contribution < -0.4 is 0 Å². The maximum Gasteiger partial charge on any atom is 0.199 e. The van der Waals surface area contributed by atoms with Gasteiger partial charge < -0.3 is 4.74 Å². The third kappa shape index (κ3) is 2.77. The lowest BCUT2D eigenvalue weighted by atomic mass is 9.88. The topological polar surface area (TPSA) is 60.4 Å². The SMILES string of the molecule is CCOC1C(=O)C(C=O)=CC=C1C(=O)C(C)C. The third-order valence-electron chi connectivity index (χ3n) is 2.52. The standard InChI is InChI=1S/C13H16O4/c1-4-17-13-10(11(15)8(2)3)6-5-9(7-14)12(13)16/h5-8,13H,4H2,1-3H3. The Balaban J connectivity index is 3.11. The van der Waals surface area contributed by atoms with Gasteiger partial charge in [0.25, 0.3) is 0 Å². The lowest BCUT2D eigenvalue weighted by Gasteiger charge is -2.22. The molecule has 0 spiro atoms. The van der Waals surface area contributed by atoms with E-state index in [1.807, 2.05) is 0 Å². The number of carbonyl (C=O) groups is 3. The monoisotopic (exact) mass is 236 g/mol. The number of ketones is 2. The second-order valence-electron chi connectivity index (χ2n) is 4.08. The molecule has 0 aromatic carbocycles. The second kappa shape index (κ2) is 5.68. The predicted molar refractivity (Wildman–Crippen MR) is 62.5 cm³/mol. The van der Waals surface area contributed by atoms with Crippen molar-refractivity contribution in [2.75, 3.05) is 6.61 Å². The molecule has 0 aromatic heterocycles. The molecule has 0 aliphatic heterocycles. The molecule has 1 unspecified atom stereocenters. The number of rotatable bonds is 5. The molecule has 0 aromatic rings. The van der Waals surface area contributed by atoms with E-state index in [9.17, 15) is 14.4 Å². The first-order valence-corrected chi connectivity index (χ1v) is 5.60. The average Bonchev–Trinajstić information content (AvgIpc) is 2.31. The maximum atomic E-state index is 11.9. The zero-order valence-electron chi connectivity index (χ0n) is 10.2. The van der Waals surface area contributed by atoms with Gasteiger partial charge in [-0.25, -0.2) is 0 Å². The highest BCUT2D eigenvalue weighted by molar-refractivity contribution is 6.19. The van der Waals surface area contributed by atoms with Gasteiger partial charge >= 0.3 is 0 Å². The molecule has 0 bridgehead atoms. The molecule has 0 N–H and O–H groups in total. The number of hydrogen-bond donors (Lipinski definition) is 0. The zero-order chi connectivity index (χ0) is 13.0. The molecule has 4 heteroatoms. The lowest BCUT2D eigenvalue weighted by molar-refractivity contribution is -0.129. The molecule has 0 amide bonds. The quantitative estimate of drug-likeness (QED) is 0.532. The van der Waals surface area contributed by atoms with Crippen LogP contribution in [0, 0.1) is 5.92 Å². The summed E-state index contributed by atoms with van der Waals surface area (Å²) in [5.41, 5.74) is 0.376. The van der Waals surface area contributed by atoms with Gasteiger partial charge in [0.2, 0.25) is 0 Å². The number of Topliss-reactive ketones (excluding diaryl/α,β-unsaturated/α-hetero) is 2. The minimum atomic E-state index is -0.930. The highest BCUT2D eigenvalue weighted by Crippen LogP contribution is 2.21. The van der Waals surface area contributed by atoms with Crippen molar-refractivity contribution in [2.24, 2.45) is 5.92 Å². The van der Waals surface area contributed by atoms with Gasteiger partial charge in [-0.2, -0.15) is 0 Å². The first-order chi connectivity index (χ1) is 8.02. The van der Waals surface area contributed by atoms with E-state index in [1.54, 1.807) is 20.8 Å². The second-order valence-corrected chi connectivity index (χ2v) is 4.08. The van der Waals surface area contributed by atoms with Crippen molar-refractivity contribution in [3.8, 4) is 0 Å². The molecule has 4 nitrogen and oxygen atoms in total. The van der Waals surface area contributed by atoms with E-state index in [0.717, 1.165) is 0 Å². The minimum absolute atomic E-state index is 0.0451. The molecule has 0 radical (unpaired) electrons. The zero-order valence-corrected chi connectivity index (χ0v) is 10.2. The van der Waals surface area contributed by atoms with Gasteiger partial charge in [0, 0.05) is 18.1 Å². The normalized spacial score (nSPS) is 20.0. The van der Waals surface area contributed by atoms with Crippen molar-refractivity contribution in [3.63, 3.8) is 0 Å². The Kier molecular flexibility index (Phi) is 4.52. The lowest BCUT2D eigenvalue weighted by Crippen LogP contribution is -2.35. The van der Waals surface area contributed by atoms with Crippen molar-refractivity contribution in [3.05, 3.63) is 23.3 Å². The maximum absolute atomic E-state index is 11.9. The van der Waals surface area contributed by atoms with Crippen LogP contribution >= 0.6 is 0 Å². The molecular formula is C13H16O4. The van der Waals surface area contributed by atoms with Crippen LogP contribution in [0.15, 0.2) is 23.3 Å². The van der Waals surface area contributed by atoms with Gasteiger partial charge in [-0.15, -0.1) is 0 Å². The Hall–Kier alpha value is -1.55. The first-order valence-electron chi connectivity index (χ1n) is 5.60. The summed E-state index contributed by atoms with van der Waals surface area (Å²) in [7, 11) is 0. The van der Waals surface area contributed by atoms with Crippen LogP contribution in [0.4, 0.5) is 0 Å². The van der Waals surface area contributed by atoms with Crippen molar-refractivity contribution in [1.82, 2.24) is 0 Å². The van der Waals surface area contributed by atoms with Crippen LogP contribution in [0.25, 0.3) is 0 Å². The summed E-state index contributed by atoms with van der Waals surface area (Å²) in [6, 6.07) is 0. The number of hydrogen-bond acceptors (Lipinski definition) is 4. The summed E-state index contributed by atoms with van der Waals surface area (Å²) in [6.45, 7) is 5.57. The van der Waals surface area contributed by atoms with Gasteiger partial charge in [0.1, 0.15) is 6.10 Å². The molecule has 0 fully saturated rings. The smallest absolute Gasteiger partial charge is 0.199 e. The molecule has 1 aliphatic carbocycles. The van der Waals surface area contributed by atoms with Gasteiger partial charge in [0.05, 0.1) is 5.57 Å². The molecule has 1 atom stereocenters. The summed E-state index contributed by atoms with van der Waals surface area (Å²) in [6.07, 6.45) is 2.44. The van der Waals surface area contributed by atoms with Crippen molar-refractivity contribution in [1.29, 1.82) is 0 Å². The molecule has 17 heavy (non-hydrogen) atoms. The Morgan fingerprint density at radius 2 is 2.12 bits per heavy atom. The van der Waals surface area contributed by atoms with Gasteiger partial charge in [-0.05, 0) is 13.0 Å². The van der Waals surface area contributed by atoms with Gasteiger partial charge in [-0.1, -0.05) is 19.9 Å². The first kappa shape index (κ1) is 13.5. The summed E-state index contributed by atoms with van der Waals surface area (Å²) in [5, 5.41) is 0. The van der Waals surface area contributed by atoms with Crippen LogP contribution in [0.3, 0.4) is 0 Å². The van der Waals surface area contributed by atoms with E-state index >= 15 is 0 Å². The minimum Gasteiger partial charge on any atom is -0.365 e. The van der Waals surface area contributed by atoms with E-state index in [1.165, 1.54) is 12.2 Å². The average molecular weight is 236 g/mol. The fraction of sp³-hybridized carbons (Fsp3) is 0.462. The Morgan fingerprint density at radius 1 is 1.47 bits per heavy atom. The largest absolute Gasteiger partial charge is 0.365 e. The summed E-state index contributed by atoms with van der Waals surface area (Å²) in [5.74, 6) is -0.769. The molecular weight excluding hydrogens is 220 g/mol. The Bertz CT molecular complexity index is 402. The van der Waals surface area contributed by atoms with E-state index in [2.05, 4.69) is 0 Å². The van der Waals surface area contributed by atoms with Gasteiger partial charge in [-0.3, -0.25) is 14.4 Å². The Labute approximate surface area is 100 Å². The predicted octanol–water partition coefficient (Wildman–Crippen LogP) is 1.25. The highest BCUT2D eigenvalue weighted by atomic mass is 16.5. The summed E-state index contributed by atoms with van der Waals surface area (Å²) < 4.78 is 5.27. The fourth-order valence-corrected chi connectivity index (χ4v) is 1.62. The molecule has 1 aliphatic rings.